The third-order valence-corrected chi connectivity index (χ3v) is 5.56. The van der Waals surface area contributed by atoms with E-state index in [0.29, 0.717) is 16.3 Å². The minimum absolute atomic E-state index is 0.0200. The number of nitriles is 1. The van der Waals surface area contributed by atoms with Crippen LogP contribution in [0.15, 0.2) is 18.2 Å². The van der Waals surface area contributed by atoms with E-state index < -0.39 is 0 Å². The van der Waals surface area contributed by atoms with Crippen LogP contribution < -0.4 is 4.90 Å². The smallest absolute Gasteiger partial charge is 0.161 e. The maximum atomic E-state index is 12.0. The van der Waals surface area contributed by atoms with Gasteiger partial charge in [-0.25, -0.2) is 0 Å². The summed E-state index contributed by atoms with van der Waals surface area (Å²) in [5.41, 5.74) is 4.25. The molecule has 0 radical (unpaired) electrons. The van der Waals surface area contributed by atoms with E-state index in [9.17, 15) is 10.1 Å². The van der Waals surface area contributed by atoms with Crippen molar-refractivity contribution in [3.63, 3.8) is 0 Å². The van der Waals surface area contributed by atoms with E-state index in [1.165, 1.54) is 0 Å². The number of hydrogen-bond donors (Lipinski definition) is 0. The highest BCUT2D eigenvalue weighted by molar-refractivity contribution is 6.30. The molecule has 1 saturated heterocycles. The lowest BCUT2D eigenvalue weighted by Gasteiger charge is -2.37. The van der Waals surface area contributed by atoms with Crippen molar-refractivity contribution in [2.75, 3.05) is 31.1 Å². The summed E-state index contributed by atoms with van der Waals surface area (Å²) in [4.78, 5) is 16.5. The quantitative estimate of drug-likeness (QED) is 0.740. The van der Waals surface area contributed by atoms with Crippen molar-refractivity contribution in [2.24, 2.45) is 7.05 Å². The van der Waals surface area contributed by atoms with Gasteiger partial charge in [-0.1, -0.05) is 18.5 Å². The molecule has 0 aliphatic carbocycles. The Labute approximate surface area is 164 Å². The van der Waals surface area contributed by atoms with E-state index in [2.05, 4.69) is 27.9 Å². The molecule has 6 nitrogen and oxygen atoms in total. The first kappa shape index (κ1) is 19.4. The van der Waals surface area contributed by atoms with E-state index >= 15 is 0 Å². The molecule has 3 rings (SSSR count). The third-order valence-electron chi connectivity index (χ3n) is 5.09. The molecule has 142 valence electrons. The summed E-state index contributed by atoms with van der Waals surface area (Å²) < 4.78 is 1.73. The maximum Gasteiger partial charge on any atom is 0.161 e. The van der Waals surface area contributed by atoms with Crippen LogP contribution in [-0.4, -0.2) is 46.6 Å². The molecule has 1 aromatic carbocycles. The molecule has 27 heavy (non-hydrogen) atoms. The highest BCUT2D eigenvalue weighted by Gasteiger charge is 2.23. The lowest BCUT2D eigenvalue weighted by atomic mass is 10.0. The second-order valence-corrected chi connectivity index (χ2v) is 7.21. The predicted molar refractivity (Wildman–Crippen MR) is 106 cm³/mol. The average molecular weight is 386 g/mol. The number of benzene rings is 1. The number of carbonyl (C=O) groups is 1. The van der Waals surface area contributed by atoms with Gasteiger partial charge in [-0.2, -0.15) is 10.4 Å². The van der Waals surface area contributed by atoms with Gasteiger partial charge in [0.05, 0.1) is 17.3 Å². The molecule has 7 heteroatoms. The fourth-order valence-corrected chi connectivity index (χ4v) is 3.78. The number of piperazine rings is 1. The molecule has 0 spiro atoms. The number of aromatic nitrogens is 2. The molecule has 1 fully saturated rings. The number of hydrogen-bond acceptors (Lipinski definition) is 5. The third kappa shape index (κ3) is 4.00. The summed E-state index contributed by atoms with van der Waals surface area (Å²) in [7, 11) is 1.87. The Morgan fingerprint density at radius 2 is 2.00 bits per heavy atom. The number of halogens is 1. The van der Waals surface area contributed by atoms with Gasteiger partial charge in [-0.15, -0.1) is 0 Å². The summed E-state index contributed by atoms with van der Waals surface area (Å²) >= 11 is 6.42. The summed E-state index contributed by atoms with van der Waals surface area (Å²) in [6.07, 6.45) is 0.860. The first-order chi connectivity index (χ1) is 12.9. The van der Waals surface area contributed by atoms with Crippen LogP contribution in [0.2, 0.25) is 5.15 Å². The highest BCUT2D eigenvalue weighted by Crippen LogP contribution is 2.26. The SMILES string of the molecule is CCc1nn(C)c(Cl)c1CN1CCN(c2cc(C#N)ccc2C(C)=O)CC1. The number of nitrogens with zero attached hydrogens (tertiary/aromatic N) is 5. The number of carbonyl (C=O) groups excluding carboxylic acids is 1. The Morgan fingerprint density at radius 3 is 2.59 bits per heavy atom. The fourth-order valence-electron chi connectivity index (χ4n) is 3.57. The van der Waals surface area contributed by atoms with Crippen LogP contribution in [0.5, 0.6) is 0 Å². The number of rotatable bonds is 5. The fraction of sp³-hybridized carbons (Fsp3) is 0.450. The van der Waals surface area contributed by atoms with E-state index in [4.69, 9.17) is 11.6 Å². The number of anilines is 1. The van der Waals surface area contributed by atoms with Gasteiger partial charge in [0.1, 0.15) is 5.15 Å². The second kappa shape index (κ2) is 8.12. The lowest BCUT2D eigenvalue weighted by Crippen LogP contribution is -2.46. The van der Waals surface area contributed by atoms with Crippen molar-refractivity contribution in [1.29, 1.82) is 5.26 Å². The molecule has 1 aromatic heterocycles. The average Bonchev–Trinajstić information content (AvgIpc) is 2.95. The normalized spacial score (nSPS) is 15.0. The largest absolute Gasteiger partial charge is 0.368 e. The molecule has 0 amide bonds. The zero-order chi connectivity index (χ0) is 19.6. The van der Waals surface area contributed by atoms with Gasteiger partial charge in [0.25, 0.3) is 0 Å². The second-order valence-electron chi connectivity index (χ2n) is 6.86. The Bertz CT molecular complexity index is 891. The minimum Gasteiger partial charge on any atom is -0.368 e. The summed E-state index contributed by atoms with van der Waals surface area (Å²) in [5, 5.41) is 14.4. The van der Waals surface area contributed by atoms with Crippen molar-refractivity contribution < 1.29 is 4.79 Å². The van der Waals surface area contributed by atoms with Crippen molar-refractivity contribution in [2.45, 2.75) is 26.8 Å². The molecular formula is C20H24ClN5O. The molecule has 0 N–H and O–H groups in total. The zero-order valence-corrected chi connectivity index (χ0v) is 16.8. The topological polar surface area (TPSA) is 65.2 Å². The van der Waals surface area contributed by atoms with E-state index in [1.807, 2.05) is 13.1 Å². The van der Waals surface area contributed by atoms with Crippen molar-refractivity contribution in [1.82, 2.24) is 14.7 Å². The predicted octanol–water partition coefficient (Wildman–Crippen LogP) is 3.03. The number of aryl methyl sites for hydroxylation is 2. The van der Waals surface area contributed by atoms with Crippen LogP contribution in [0.1, 0.15) is 41.0 Å². The van der Waals surface area contributed by atoms with Crippen LogP contribution in [0.4, 0.5) is 5.69 Å². The zero-order valence-electron chi connectivity index (χ0n) is 16.0. The molecule has 0 atom stereocenters. The maximum absolute atomic E-state index is 12.0. The van der Waals surface area contributed by atoms with Gasteiger partial charge in [-0.3, -0.25) is 14.4 Å². The van der Waals surface area contributed by atoms with Gasteiger partial charge in [-0.05, 0) is 31.5 Å². The van der Waals surface area contributed by atoms with E-state index in [1.54, 1.807) is 23.7 Å². The van der Waals surface area contributed by atoms with Crippen molar-refractivity contribution in [3.8, 4) is 6.07 Å². The molecule has 0 bridgehead atoms. The summed E-state index contributed by atoms with van der Waals surface area (Å²) in [5.74, 6) is 0.0200. The number of Topliss-reactive ketones (excluding diaryl/α,β-unsaturated/α-hetero) is 1. The van der Waals surface area contributed by atoms with Gasteiger partial charge >= 0.3 is 0 Å². The van der Waals surface area contributed by atoms with E-state index in [-0.39, 0.29) is 5.78 Å². The minimum atomic E-state index is 0.0200. The van der Waals surface area contributed by atoms with Gasteiger partial charge in [0.2, 0.25) is 0 Å². The van der Waals surface area contributed by atoms with Gasteiger partial charge in [0.15, 0.2) is 5.78 Å². The van der Waals surface area contributed by atoms with Gasteiger partial charge < -0.3 is 4.90 Å². The van der Waals surface area contributed by atoms with Crippen LogP contribution in [-0.2, 0) is 20.0 Å². The first-order valence-electron chi connectivity index (χ1n) is 9.17. The first-order valence-corrected chi connectivity index (χ1v) is 9.55. The Morgan fingerprint density at radius 1 is 1.30 bits per heavy atom. The van der Waals surface area contributed by atoms with Gasteiger partial charge in [0, 0.05) is 56.6 Å². The molecule has 1 aliphatic heterocycles. The molecular weight excluding hydrogens is 362 g/mol. The number of ketones is 1. The highest BCUT2D eigenvalue weighted by atomic mass is 35.5. The standard InChI is InChI=1S/C20H24ClN5O/c1-4-18-17(20(21)24(3)23-18)13-25-7-9-26(10-8-25)19-11-15(12-22)5-6-16(19)14(2)27/h5-6,11H,4,7-10,13H2,1-3H3. The molecule has 1 aliphatic rings. The van der Waals surface area contributed by atoms with Crippen LogP contribution in [0.3, 0.4) is 0 Å². The van der Waals surface area contributed by atoms with Crippen LogP contribution in [0.25, 0.3) is 0 Å². The Hall–Kier alpha value is -2.36. The Kier molecular flexibility index (Phi) is 5.83. The van der Waals surface area contributed by atoms with Crippen LogP contribution in [0, 0.1) is 11.3 Å². The molecule has 2 aromatic rings. The summed E-state index contributed by atoms with van der Waals surface area (Å²) in [6.45, 7) is 7.76. The van der Waals surface area contributed by atoms with Crippen molar-refractivity contribution in [3.05, 3.63) is 45.7 Å². The lowest BCUT2D eigenvalue weighted by molar-refractivity contribution is 0.101. The molecule has 2 heterocycles. The monoisotopic (exact) mass is 385 g/mol. The Balaban J connectivity index is 1.73. The molecule has 0 unspecified atom stereocenters. The van der Waals surface area contributed by atoms with E-state index in [0.717, 1.165) is 56.1 Å². The summed E-state index contributed by atoms with van der Waals surface area (Å²) in [6, 6.07) is 7.44. The van der Waals surface area contributed by atoms with Crippen LogP contribution >= 0.6 is 11.6 Å². The van der Waals surface area contributed by atoms with Crippen molar-refractivity contribution >= 4 is 23.1 Å². The molecule has 0 saturated carbocycles.